The number of carbonyl (C=O) groups excluding carboxylic acids is 2. The monoisotopic (exact) mass is 259 g/mol. The molecule has 0 aliphatic rings. The Hall–Kier alpha value is -1.79. The molecule has 0 saturated carbocycles. The van der Waals surface area contributed by atoms with Crippen molar-refractivity contribution in [3.05, 3.63) is 0 Å². The molecular formula is C11H21N3O4. The molecule has 0 aromatic carbocycles. The molecule has 4 N–H and O–H groups in total. The molecule has 0 spiro atoms. The summed E-state index contributed by atoms with van der Waals surface area (Å²) in [5, 5.41) is 16.2. The SMILES string of the molecule is CCC(CNC(=O)NCCC(=O)NC)CC(=O)O. The molecule has 7 nitrogen and oxygen atoms in total. The van der Waals surface area contributed by atoms with Crippen LogP contribution in [0.1, 0.15) is 26.2 Å². The lowest BCUT2D eigenvalue weighted by atomic mass is 10.0. The number of carboxylic acids is 1. The van der Waals surface area contributed by atoms with Crippen LogP contribution in [0.5, 0.6) is 0 Å². The van der Waals surface area contributed by atoms with Crippen molar-refractivity contribution in [1.82, 2.24) is 16.0 Å². The van der Waals surface area contributed by atoms with Gasteiger partial charge in [-0.1, -0.05) is 13.3 Å². The van der Waals surface area contributed by atoms with Crippen molar-refractivity contribution in [2.45, 2.75) is 26.2 Å². The molecule has 1 unspecified atom stereocenters. The van der Waals surface area contributed by atoms with Crippen molar-refractivity contribution in [3.63, 3.8) is 0 Å². The van der Waals surface area contributed by atoms with Gasteiger partial charge in [0.05, 0.1) is 0 Å². The number of urea groups is 1. The van der Waals surface area contributed by atoms with Crippen molar-refractivity contribution >= 4 is 17.9 Å². The molecule has 0 aliphatic carbocycles. The van der Waals surface area contributed by atoms with Gasteiger partial charge in [0.2, 0.25) is 5.91 Å². The van der Waals surface area contributed by atoms with Gasteiger partial charge in [0, 0.05) is 33.0 Å². The van der Waals surface area contributed by atoms with Crippen LogP contribution in [0.25, 0.3) is 0 Å². The molecule has 3 amide bonds. The first-order valence-electron chi connectivity index (χ1n) is 5.93. The van der Waals surface area contributed by atoms with Crippen LogP contribution < -0.4 is 16.0 Å². The van der Waals surface area contributed by atoms with E-state index in [2.05, 4.69) is 16.0 Å². The summed E-state index contributed by atoms with van der Waals surface area (Å²) >= 11 is 0. The van der Waals surface area contributed by atoms with Crippen LogP contribution in [0.4, 0.5) is 4.79 Å². The standard InChI is InChI=1S/C11H21N3O4/c1-3-8(6-10(16)17)7-14-11(18)13-5-4-9(15)12-2/h8H,3-7H2,1-2H3,(H,12,15)(H,16,17)(H2,13,14,18). The third kappa shape index (κ3) is 8.37. The maximum Gasteiger partial charge on any atom is 0.314 e. The van der Waals surface area contributed by atoms with E-state index in [1.165, 1.54) is 7.05 Å². The minimum absolute atomic E-state index is 0.0367. The summed E-state index contributed by atoms with van der Waals surface area (Å²) in [6.07, 6.45) is 0.941. The first-order valence-corrected chi connectivity index (χ1v) is 5.93. The van der Waals surface area contributed by atoms with Gasteiger partial charge < -0.3 is 21.1 Å². The fourth-order valence-electron chi connectivity index (χ4n) is 1.32. The number of aliphatic carboxylic acids is 1. The zero-order valence-electron chi connectivity index (χ0n) is 10.8. The number of rotatable bonds is 8. The quantitative estimate of drug-likeness (QED) is 0.489. The van der Waals surface area contributed by atoms with E-state index in [0.29, 0.717) is 13.0 Å². The largest absolute Gasteiger partial charge is 0.481 e. The molecule has 1 atom stereocenters. The molecule has 0 aromatic rings. The minimum atomic E-state index is -0.872. The molecule has 0 aliphatic heterocycles. The van der Waals surface area contributed by atoms with Crippen LogP contribution in [0.3, 0.4) is 0 Å². The summed E-state index contributed by atoms with van der Waals surface area (Å²) in [5.41, 5.74) is 0. The number of amides is 3. The van der Waals surface area contributed by atoms with E-state index in [-0.39, 0.29) is 37.2 Å². The van der Waals surface area contributed by atoms with Gasteiger partial charge >= 0.3 is 12.0 Å². The molecule has 104 valence electrons. The van der Waals surface area contributed by atoms with Crippen molar-refractivity contribution in [2.75, 3.05) is 20.1 Å². The topological polar surface area (TPSA) is 108 Å². The smallest absolute Gasteiger partial charge is 0.314 e. The Kier molecular flexibility index (Phi) is 8.34. The van der Waals surface area contributed by atoms with E-state index in [9.17, 15) is 14.4 Å². The Morgan fingerprint density at radius 3 is 2.39 bits per heavy atom. The van der Waals surface area contributed by atoms with Crippen LogP contribution in [-0.2, 0) is 9.59 Å². The second-order valence-corrected chi connectivity index (χ2v) is 3.93. The lowest BCUT2D eigenvalue weighted by Crippen LogP contribution is -2.40. The van der Waals surface area contributed by atoms with E-state index in [0.717, 1.165) is 0 Å². The minimum Gasteiger partial charge on any atom is -0.481 e. The summed E-state index contributed by atoms with van der Waals surface area (Å²) in [4.78, 5) is 32.7. The fourth-order valence-corrected chi connectivity index (χ4v) is 1.32. The van der Waals surface area contributed by atoms with Crippen LogP contribution in [0, 0.1) is 5.92 Å². The predicted molar refractivity (Wildman–Crippen MR) is 66.1 cm³/mol. The van der Waals surface area contributed by atoms with Gasteiger partial charge in [-0.3, -0.25) is 9.59 Å². The highest BCUT2D eigenvalue weighted by Crippen LogP contribution is 2.06. The van der Waals surface area contributed by atoms with E-state index in [1.807, 2.05) is 6.92 Å². The van der Waals surface area contributed by atoms with Crippen LogP contribution in [0.15, 0.2) is 0 Å². The Bertz CT molecular complexity index is 294. The normalized spacial score (nSPS) is 11.4. The van der Waals surface area contributed by atoms with E-state index in [4.69, 9.17) is 5.11 Å². The molecule has 0 aromatic heterocycles. The van der Waals surface area contributed by atoms with Gasteiger partial charge in [-0.05, 0) is 5.92 Å². The summed E-state index contributed by atoms with van der Waals surface area (Å²) < 4.78 is 0. The summed E-state index contributed by atoms with van der Waals surface area (Å²) in [6.45, 7) is 2.44. The molecule has 0 rings (SSSR count). The Morgan fingerprint density at radius 2 is 1.89 bits per heavy atom. The highest BCUT2D eigenvalue weighted by atomic mass is 16.4. The van der Waals surface area contributed by atoms with Gasteiger partial charge in [0.1, 0.15) is 0 Å². The van der Waals surface area contributed by atoms with E-state index < -0.39 is 5.97 Å². The molecule has 7 heteroatoms. The van der Waals surface area contributed by atoms with Gasteiger partial charge in [0.15, 0.2) is 0 Å². The van der Waals surface area contributed by atoms with Gasteiger partial charge in [0.25, 0.3) is 0 Å². The Labute approximate surface area is 106 Å². The second-order valence-electron chi connectivity index (χ2n) is 3.93. The average Bonchev–Trinajstić information content (AvgIpc) is 2.33. The lowest BCUT2D eigenvalue weighted by Gasteiger charge is -2.13. The average molecular weight is 259 g/mol. The van der Waals surface area contributed by atoms with Gasteiger partial charge in [-0.25, -0.2) is 4.79 Å². The number of carboxylic acid groups (broad SMARTS) is 1. The first-order chi connectivity index (χ1) is 8.49. The third-order valence-corrected chi connectivity index (χ3v) is 2.51. The Morgan fingerprint density at radius 1 is 1.22 bits per heavy atom. The molecule has 0 saturated heterocycles. The van der Waals surface area contributed by atoms with Crippen LogP contribution in [-0.4, -0.2) is 43.2 Å². The Balaban J connectivity index is 3.74. The van der Waals surface area contributed by atoms with Crippen molar-refractivity contribution in [1.29, 1.82) is 0 Å². The van der Waals surface area contributed by atoms with Crippen LogP contribution >= 0.6 is 0 Å². The lowest BCUT2D eigenvalue weighted by molar-refractivity contribution is -0.138. The molecule has 0 radical (unpaired) electrons. The van der Waals surface area contributed by atoms with Gasteiger partial charge in [-0.2, -0.15) is 0 Å². The van der Waals surface area contributed by atoms with E-state index >= 15 is 0 Å². The summed E-state index contributed by atoms with van der Waals surface area (Å²) in [5.74, 6) is -1.09. The molecule has 0 fully saturated rings. The maximum atomic E-state index is 11.3. The first kappa shape index (κ1) is 16.2. The molecule has 0 bridgehead atoms. The molecular weight excluding hydrogens is 238 g/mol. The maximum absolute atomic E-state index is 11.3. The summed E-state index contributed by atoms with van der Waals surface area (Å²) in [7, 11) is 1.53. The van der Waals surface area contributed by atoms with Crippen molar-refractivity contribution in [3.8, 4) is 0 Å². The zero-order chi connectivity index (χ0) is 14.0. The van der Waals surface area contributed by atoms with Crippen LogP contribution in [0.2, 0.25) is 0 Å². The fraction of sp³-hybridized carbons (Fsp3) is 0.727. The molecule has 0 heterocycles. The van der Waals surface area contributed by atoms with Gasteiger partial charge in [-0.15, -0.1) is 0 Å². The molecule has 18 heavy (non-hydrogen) atoms. The van der Waals surface area contributed by atoms with Crippen molar-refractivity contribution < 1.29 is 19.5 Å². The van der Waals surface area contributed by atoms with Crippen molar-refractivity contribution in [2.24, 2.45) is 5.92 Å². The third-order valence-electron chi connectivity index (χ3n) is 2.51. The number of nitrogens with one attached hydrogen (secondary N) is 3. The second kappa shape index (κ2) is 9.26. The van der Waals surface area contributed by atoms with E-state index in [1.54, 1.807) is 0 Å². The number of hydrogen-bond donors (Lipinski definition) is 4. The highest BCUT2D eigenvalue weighted by Gasteiger charge is 2.12. The zero-order valence-corrected chi connectivity index (χ0v) is 10.8. The predicted octanol–water partition coefficient (Wildman–Crippen LogP) is -0.0774. The number of carbonyl (C=O) groups is 3. The number of hydrogen-bond acceptors (Lipinski definition) is 3. The summed E-state index contributed by atoms with van der Waals surface area (Å²) in [6, 6.07) is -0.386. The highest BCUT2D eigenvalue weighted by molar-refractivity contribution is 5.77.